The number of rotatable bonds is 1. The summed E-state index contributed by atoms with van der Waals surface area (Å²) in [5.74, 6) is -1.39. The molecule has 0 N–H and O–H groups in total. The third-order valence-corrected chi connectivity index (χ3v) is 2.64. The Morgan fingerprint density at radius 3 is 2.50 bits per heavy atom. The van der Waals surface area contributed by atoms with Gasteiger partial charge in [-0.3, -0.25) is 14.4 Å². The zero-order valence-electron chi connectivity index (χ0n) is 9.39. The van der Waals surface area contributed by atoms with Gasteiger partial charge in [-0.1, -0.05) is 0 Å². The van der Waals surface area contributed by atoms with E-state index in [2.05, 4.69) is 4.74 Å². The quantitative estimate of drug-likeness (QED) is 0.499. The number of likely N-dealkylation sites (tertiary alicyclic amines) is 1. The van der Waals surface area contributed by atoms with Crippen LogP contribution in [0.4, 0.5) is 0 Å². The van der Waals surface area contributed by atoms with Crippen LogP contribution in [0.1, 0.15) is 19.8 Å². The molecule has 1 amide bonds. The number of halogens is 1. The Bertz CT molecular complexity index is 293. The van der Waals surface area contributed by atoms with E-state index in [-0.39, 0.29) is 30.5 Å². The lowest BCUT2D eigenvalue weighted by molar-refractivity contribution is -0.149. The molecule has 92 valence electrons. The minimum absolute atomic E-state index is 0. The number of ether oxygens (including phenoxy) is 1. The molecule has 1 aliphatic rings. The van der Waals surface area contributed by atoms with Crippen molar-refractivity contribution >= 4 is 30.1 Å². The topological polar surface area (TPSA) is 63.7 Å². The smallest absolute Gasteiger partial charge is 0.316 e. The average Bonchev–Trinajstić information content (AvgIpc) is 2.39. The number of esters is 1. The highest BCUT2D eigenvalue weighted by Crippen LogP contribution is 2.15. The van der Waals surface area contributed by atoms with Crippen LogP contribution >= 0.6 is 12.4 Å². The van der Waals surface area contributed by atoms with Gasteiger partial charge in [0.15, 0.2) is 0 Å². The van der Waals surface area contributed by atoms with Crippen molar-refractivity contribution in [2.24, 2.45) is 5.92 Å². The maximum Gasteiger partial charge on any atom is 0.316 e. The van der Waals surface area contributed by atoms with E-state index in [0.29, 0.717) is 19.5 Å². The standard InChI is InChI=1S/C10H15NO4.ClH/c1-7(12)11-5-3-8(10(14)15-2)9(13)4-6-11;/h8H,3-6H2,1-2H3;1H. The van der Waals surface area contributed by atoms with Crippen molar-refractivity contribution in [2.45, 2.75) is 19.8 Å². The largest absolute Gasteiger partial charge is 0.468 e. The van der Waals surface area contributed by atoms with Crippen molar-refractivity contribution in [3.8, 4) is 0 Å². The van der Waals surface area contributed by atoms with Gasteiger partial charge >= 0.3 is 5.97 Å². The molecule has 1 heterocycles. The molecule has 0 spiro atoms. The van der Waals surface area contributed by atoms with Crippen LogP contribution in [0.3, 0.4) is 0 Å². The Morgan fingerprint density at radius 1 is 1.38 bits per heavy atom. The first kappa shape index (κ1) is 14.9. The molecule has 1 unspecified atom stereocenters. The minimum Gasteiger partial charge on any atom is -0.468 e. The summed E-state index contributed by atoms with van der Waals surface area (Å²) < 4.78 is 4.55. The lowest BCUT2D eigenvalue weighted by Gasteiger charge is -2.17. The van der Waals surface area contributed by atoms with E-state index in [4.69, 9.17) is 0 Å². The van der Waals surface area contributed by atoms with Crippen LogP contribution in [0.2, 0.25) is 0 Å². The molecule has 0 aromatic carbocycles. The summed E-state index contributed by atoms with van der Waals surface area (Å²) in [7, 11) is 1.27. The molecule has 1 atom stereocenters. The normalized spacial score (nSPS) is 20.8. The number of carbonyl (C=O) groups excluding carboxylic acids is 3. The van der Waals surface area contributed by atoms with Gasteiger partial charge in [0.2, 0.25) is 5.91 Å². The molecule has 1 rings (SSSR count). The predicted molar refractivity (Wildman–Crippen MR) is 59.2 cm³/mol. The number of hydrogen-bond acceptors (Lipinski definition) is 4. The first-order valence-corrected chi connectivity index (χ1v) is 4.92. The molecule has 6 heteroatoms. The van der Waals surface area contributed by atoms with Gasteiger partial charge in [-0.2, -0.15) is 0 Å². The molecule has 0 radical (unpaired) electrons. The number of nitrogens with zero attached hydrogens (tertiary/aromatic N) is 1. The molecule has 16 heavy (non-hydrogen) atoms. The maximum atomic E-state index is 11.5. The summed E-state index contributed by atoms with van der Waals surface area (Å²) in [6, 6.07) is 0. The van der Waals surface area contributed by atoms with Crippen LogP contribution in [0, 0.1) is 5.92 Å². The van der Waals surface area contributed by atoms with Gasteiger partial charge in [-0.15, -0.1) is 12.4 Å². The molecule has 0 bridgehead atoms. The fourth-order valence-electron chi connectivity index (χ4n) is 1.68. The number of amides is 1. The molecule has 0 saturated carbocycles. The second-order valence-corrected chi connectivity index (χ2v) is 3.59. The summed E-state index contributed by atoms with van der Waals surface area (Å²) in [5.41, 5.74) is 0. The van der Waals surface area contributed by atoms with Crippen LogP contribution in [0.15, 0.2) is 0 Å². The minimum atomic E-state index is -0.695. The highest BCUT2D eigenvalue weighted by molar-refractivity contribution is 5.99. The molecular formula is C10H16ClNO4. The third-order valence-electron chi connectivity index (χ3n) is 2.64. The van der Waals surface area contributed by atoms with E-state index in [9.17, 15) is 14.4 Å². The Kier molecular flexibility index (Phi) is 6.03. The van der Waals surface area contributed by atoms with Crippen LogP contribution < -0.4 is 0 Å². The van der Waals surface area contributed by atoms with Gasteiger partial charge in [0.1, 0.15) is 11.7 Å². The summed E-state index contributed by atoms with van der Waals surface area (Å²) in [6.07, 6.45) is 0.602. The van der Waals surface area contributed by atoms with Crippen molar-refractivity contribution in [1.29, 1.82) is 0 Å². The number of hydrogen-bond donors (Lipinski definition) is 0. The average molecular weight is 250 g/mol. The summed E-state index contributed by atoms with van der Waals surface area (Å²) >= 11 is 0. The molecule has 1 aliphatic heterocycles. The van der Waals surface area contributed by atoms with Gasteiger partial charge in [0.05, 0.1) is 7.11 Å². The molecular weight excluding hydrogens is 234 g/mol. The van der Waals surface area contributed by atoms with Crippen LogP contribution in [0.25, 0.3) is 0 Å². The Balaban J connectivity index is 0.00000225. The molecule has 0 aromatic heterocycles. The van der Waals surface area contributed by atoms with Gasteiger partial charge in [-0.05, 0) is 6.42 Å². The number of methoxy groups -OCH3 is 1. The van der Waals surface area contributed by atoms with Gasteiger partial charge in [-0.25, -0.2) is 0 Å². The SMILES string of the molecule is COC(=O)C1CCN(C(C)=O)CCC1=O.Cl. The first-order chi connectivity index (χ1) is 7.06. The van der Waals surface area contributed by atoms with E-state index in [0.717, 1.165) is 0 Å². The van der Waals surface area contributed by atoms with Crippen LogP contribution in [-0.2, 0) is 19.1 Å². The Labute approximate surface area is 101 Å². The summed E-state index contributed by atoms with van der Waals surface area (Å²) in [6.45, 7) is 2.31. The summed E-state index contributed by atoms with van der Waals surface area (Å²) in [4.78, 5) is 35.5. The molecule has 1 saturated heterocycles. The van der Waals surface area contributed by atoms with Gasteiger partial charge in [0.25, 0.3) is 0 Å². The number of ketones is 1. The van der Waals surface area contributed by atoms with E-state index >= 15 is 0 Å². The predicted octanol–water partition coefficient (Wildman–Crippen LogP) is 0.409. The van der Waals surface area contributed by atoms with Crippen molar-refractivity contribution in [3.05, 3.63) is 0 Å². The highest BCUT2D eigenvalue weighted by Gasteiger charge is 2.31. The van der Waals surface area contributed by atoms with Crippen molar-refractivity contribution in [1.82, 2.24) is 4.90 Å². The zero-order valence-corrected chi connectivity index (χ0v) is 10.2. The third kappa shape index (κ3) is 3.48. The second kappa shape index (κ2) is 6.48. The van der Waals surface area contributed by atoms with Crippen LogP contribution in [-0.4, -0.2) is 42.8 Å². The highest BCUT2D eigenvalue weighted by atomic mass is 35.5. The fraction of sp³-hybridized carbons (Fsp3) is 0.700. The summed E-state index contributed by atoms with van der Waals surface area (Å²) in [5, 5.41) is 0. The Morgan fingerprint density at radius 2 is 2.00 bits per heavy atom. The Hall–Kier alpha value is -1.10. The molecule has 1 fully saturated rings. The van der Waals surface area contributed by atoms with Crippen molar-refractivity contribution in [3.63, 3.8) is 0 Å². The fourth-order valence-corrected chi connectivity index (χ4v) is 1.68. The van der Waals surface area contributed by atoms with Crippen LogP contribution in [0.5, 0.6) is 0 Å². The van der Waals surface area contributed by atoms with E-state index in [1.807, 2.05) is 0 Å². The zero-order chi connectivity index (χ0) is 11.4. The maximum absolute atomic E-state index is 11.5. The van der Waals surface area contributed by atoms with E-state index in [1.165, 1.54) is 14.0 Å². The number of carbonyl (C=O) groups is 3. The van der Waals surface area contributed by atoms with Gasteiger partial charge < -0.3 is 9.64 Å². The molecule has 5 nitrogen and oxygen atoms in total. The molecule has 0 aromatic rings. The number of Topliss-reactive ketones (excluding diaryl/α,β-unsaturated/α-hetero) is 1. The van der Waals surface area contributed by atoms with Crippen molar-refractivity contribution in [2.75, 3.05) is 20.2 Å². The lowest BCUT2D eigenvalue weighted by Crippen LogP contribution is -2.30. The van der Waals surface area contributed by atoms with Gasteiger partial charge in [0, 0.05) is 26.4 Å². The monoisotopic (exact) mass is 249 g/mol. The lowest BCUT2D eigenvalue weighted by atomic mass is 10.00. The van der Waals surface area contributed by atoms with Crippen molar-refractivity contribution < 1.29 is 19.1 Å². The van der Waals surface area contributed by atoms with E-state index < -0.39 is 11.9 Å². The van der Waals surface area contributed by atoms with E-state index in [1.54, 1.807) is 4.90 Å². The first-order valence-electron chi connectivity index (χ1n) is 4.92. The molecule has 0 aliphatic carbocycles. The second-order valence-electron chi connectivity index (χ2n) is 3.59.